The molecular formula is C45H36FN5O6. The van der Waals surface area contributed by atoms with Crippen molar-refractivity contribution in [2.75, 3.05) is 0 Å². The average molecular weight is 762 g/mol. The lowest BCUT2D eigenvalue weighted by atomic mass is 10.0. The summed E-state index contributed by atoms with van der Waals surface area (Å²) in [6.07, 6.45) is 5.87. The average Bonchev–Trinajstić information content (AvgIpc) is 3.91. The van der Waals surface area contributed by atoms with E-state index in [1.807, 2.05) is 50.2 Å². The van der Waals surface area contributed by atoms with Gasteiger partial charge in [0.25, 0.3) is 22.9 Å². The van der Waals surface area contributed by atoms with Gasteiger partial charge in [0.1, 0.15) is 17.3 Å². The van der Waals surface area contributed by atoms with Gasteiger partial charge in [-0.25, -0.2) is 4.39 Å². The first kappa shape index (κ1) is 36.6. The lowest BCUT2D eigenvalue weighted by molar-refractivity contribution is 0.0710. The molecular weight excluding hydrogens is 726 g/mol. The van der Waals surface area contributed by atoms with Crippen molar-refractivity contribution in [1.82, 2.24) is 24.8 Å². The van der Waals surface area contributed by atoms with Crippen LogP contribution in [0.25, 0.3) is 32.9 Å². The van der Waals surface area contributed by atoms with Crippen LogP contribution in [-0.2, 0) is 26.2 Å². The quantitative estimate of drug-likeness (QED) is 0.136. The van der Waals surface area contributed by atoms with Crippen molar-refractivity contribution in [3.05, 3.63) is 193 Å². The summed E-state index contributed by atoms with van der Waals surface area (Å²) < 4.78 is 27.0. The number of pyridine rings is 3. The monoisotopic (exact) mass is 761 g/mol. The Bertz CT molecular complexity index is 2900. The van der Waals surface area contributed by atoms with Crippen LogP contribution < -0.4 is 11.1 Å². The molecule has 0 bridgehead atoms. The molecule has 0 aliphatic heterocycles. The molecule has 0 saturated heterocycles. The number of halogens is 1. The number of aromatic nitrogens is 3. The van der Waals surface area contributed by atoms with Crippen LogP contribution in [0, 0.1) is 19.7 Å². The van der Waals surface area contributed by atoms with E-state index in [4.69, 9.17) is 8.83 Å². The lowest BCUT2D eigenvalue weighted by Gasteiger charge is -2.22. The molecule has 0 radical (unpaired) electrons. The molecule has 0 atom stereocenters. The smallest absolute Gasteiger partial charge is 0.256 e. The molecule has 8 aromatic rings. The number of carbonyl (C=O) groups excluding carboxylic acids is 2. The minimum atomic E-state index is -0.598. The summed E-state index contributed by atoms with van der Waals surface area (Å²) in [4.78, 5) is 67.4. The number of aromatic amines is 2. The number of benzene rings is 3. The Hall–Kier alpha value is -7.34. The second-order valence-electron chi connectivity index (χ2n) is 14.0. The SMILES string of the molecule is Cc1cccc2cc(CN(Cc3ccco3)C(=O)c3ccc(F)c(-c4coc(CN(Cc5cc6cccc(C)c6[nH]c5=O)C(=O)c5cccnc5)c4)c3)c(=O)[nH]c12. The highest BCUT2D eigenvalue weighted by Crippen LogP contribution is 2.29. The van der Waals surface area contributed by atoms with Crippen LogP contribution >= 0.6 is 0 Å². The van der Waals surface area contributed by atoms with Crippen LogP contribution in [0.2, 0.25) is 0 Å². The second kappa shape index (κ2) is 15.4. The molecule has 0 unspecified atom stereocenters. The number of H-pyrrole nitrogens is 2. The third-order valence-electron chi connectivity index (χ3n) is 9.99. The van der Waals surface area contributed by atoms with Gasteiger partial charge in [-0.2, -0.15) is 0 Å². The van der Waals surface area contributed by atoms with Gasteiger partial charge in [-0.3, -0.25) is 24.2 Å². The molecule has 12 heteroatoms. The molecule has 0 aliphatic carbocycles. The maximum atomic E-state index is 15.6. The lowest BCUT2D eigenvalue weighted by Crippen LogP contribution is -2.32. The third-order valence-corrected chi connectivity index (χ3v) is 9.99. The van der Waals surface area contributed by atoms with Gasteiger partial charge in [0.2, 0.25) is 0 Å². The molecule has 5 heterocycles. The van der Waals surface area contributed by atoms with Crippen LogP contribution in [0.15, 0.2) is 140 Å². The van der Waals surface area contributed by atoms with E-state index in [1.54, 1.807) is 48.7 Å². The maximum absolute atomic E-state index is 15.6. The summed E-state index contributed by atoms with van der Waals surface area (Å²) in [5.74, 6) is -0.620. The van der Waals surface area contributed by atoms with E-state index in [0.29, 0.717) is 33.8 Å². The van der Waals surface area contributed by atoms with E-state index >= 15 is 4.39 Å². The van der Waals surface area contributed by atoms with Crippen LogP contribution in [0.1, 0.15) is 54.5 Å². The van der Waals surface area contributed by atoms with Gasteiger partial charge in [0, 0.05) is 40.2 Å². The van der Waals surface area contributed by atoms with Gasteiger partial charge in [-0.1, -0.05) is 36.4 Å². The van der Waals surface area contributed by atoms with Crippen molar-refractivity contribution in [2.24, 2.45) is 0 Å². The minimum Gasteiger partial charge on any atom is -0.467 e. The number of rotatable bonds is 11. The number of para-hydroxylation sites is 2. The Morgan fingerprint density at radius 1 is 0.667 bits per heavy atom. The molecule has 0 fully saturated rings. The van der Waals surface area contributed by atoms with Crippen molar-refractivity contribution >= 4 is 33.6 Å². The maximum Gasteiger partial charge on any atom is 0.256 e. The number of amides is 2. The normalized spacial score (nSPS) is 11.3. The van der Waals surface area contributed by atoms with Crippen molar-refractivity contribution in [3.8, 4) is 11.1 Å². The highest BCUT2D eigenvalue weighted by atomic mass is 19.1. The zero-order chi connectivity index (χ0) is 39.6. The van der Waals surface area contributed by atoms with E-state index < -0.39 is 11.7 Å². The highest BCUT2D eigenvalue weighted by Gasteiger charge is 2.24. The summed E-state index contributed by atoms with van der Waals surface area (Å²) in [5, 5.41) is 1.65. The van der Waals surface area contributed by atoms with Crippen molar-refractivity contribution < 1.29 is 22.8 Å². The molecule has 3 aromatic carbocycles. The molecule has 8 rings (SSSR count). The Labute approximate surface area is 325 Å². The van der Waals surface area contributed by atoms with Crippen molar-refractivity contribution in [2.45, 2.75) is 40.0 Å². The molecule has 2 N–H and O–H groups in total. The van der Waals surface area contributed by atoms with Gasteiger partial charge < -0.3 is 28.6 Å². The van der Waals surface area contributed by atoms with Gasteiger partial charge >= 0.3 is 0 Å². The topological polar surface area (TPSA) is 146 Å². The van der Waals surface area contributed by atoms with Crippen LogP contribution in [-0.4, -0.2) is 36.6 Å². The number of hydrogen-bond acceptors (Lipinski definition) is 7. The Morgan fingerprint density at radius 3 is 1.89 bits per heavy atom. The van der Waals surface area contributed by atoms with Gasteiger partial charge in [0.15, 0.2) is 0 Å². The molecule has 284 valence electrons. The fraction of sp³-hybridized carbons (Fsp3) is 0.133. The van der Waals surface area contributed by atoms with Crippen molar-refractivity contribution in [3.63, 3.8) is 0 Å². The van der Waals surface area contributed by atoms with Crippen LogP contribution in [0.5, 0.6) is 0 Å². The number of fused-ring (bicyclic) bond motifs is 2. The second-order valence-corrected chi connectivity index (χ2v) is 14.0. The molecule has 0 aliphatic rings. The fourth-order valence-corrected chi connectivity index (χ4v) is 7.02. The third kappa shape index (κ3) is 7.65. The Balaban J connectivity index is 1.09. The summed E-state index contributed by atoms with van der Waals surface area (Å²) in [5.41, 5.74) is 4.30. The summed E-state index contributed by atoms with van der Waals surface area (Å²) >= 11 is 0. The number of carbonyl (C=O) groups is 2. The highest BCUT2D eigenvalue weighted by molar-refractivity contribution is 5.96. The first-order chi connectivity index (χ1) is 27.6. The fourth-order valence-electron chi connectivity index (χ4n) is 7.02. The van der Waals surface area contributed by atoms with E-state index in [-0.39, 0.29) is 54.3 Å². The number of nitrogens with zero attached hydrogens (tertiary/aromatic N) is 3. The van der Waals surface area contributed by atoms with Crippen LogP contribution in [0.3, 0.4) is 0 Å². The van der Waals surface area contributed by atoms with E-state index in [0.717, 1.165) is 32.9 Å². The van der Waals surface area contributed by atoms with Gasteiger partial charge in [-0.15, -0.1) is 0 Å². The zero-order valence-electron chi connectivity index (χ0n) is 31.0. The van der Waals surface area contributed by atoms with Gasteiger partial charge in [-0.05, 0) is 96.4 Å². The predicted molar refractivity (Wildman–Crippen MR) is 213 cm³/mol. The first-order valence-corrected chi connectivity index (χ1v) is 18.2. The summed E-state index contributed by atoms with van der Waals surface area (Å²) in [6.45, 7) is 3.72. The number of furan rings is 2. The predicted octanol–water partition coefficient (Wildman–Crippen LogP) is 8.06. The molecule has 0 spiro atoms. The number of aryl methyl sites for hydroxylation is 2. The van der Waals surface area contributed by atoms with Gasteiger partial charge in [0.05, 0.1) is 55.3 Å². The largest absolute Gasteiger partial charge is 0.467 e. The Kier molecular flexibility index (Phi) is 9.91. The number of hydrogen-bond donors (Lipinski definition) is 2. The van der Waals surface area contributed by atoms with Crippen LogP contribution in [0.4, 0.5) is 4.39 Å². The Morgan fingerprint density at radius 2 is 1.30 bits per heavy atom. The molecule has 57 heavy (non-hydrogen) atoms. The number of nitrogens with one attached hydrogen (secondary N) is 2. The molecule has 11 nitrogen and oxygen atoms in total. The van der Waals surface area contributed by atoms with E-state index in [2.05, 4.69) is 15.0 Å². The standard InChI is InChI=1S/C45H36FN5O6/c1-27-7-3-9-29-17-33(42(52)48-40(27)29)22-50(24-36-12-6-16-56-36)44(54)31-13-14-39(46)38(20-31)35-19-37(57-26-35)25-51(45(55)32-11-5-15-47-21-32)23-34-18-30-10-4-8-28(2)41(30)49-43(34)53/h3-21,26H,22-25H2,1-2H3,(H,48,52)(H,49,53). The summed E-state index contributed by atoms with van der Waals surface area (Å²) in [7, 11) is 0. The molecule has 0 saturated carbocycles. The van der Waals surface area contributed by atoms with Crippen molar-refractivity contribution in [1.29, 1.82) is 0 Å². The minimum absolute atomic E-state index is 0.0399. The first-order valence-electron chi connectivity index (χ1n) is 18.2. The van der Waals surface area contributed by atoms with E-state index in [9.17, 15) is 19.2 Å². The summed E-state index contributed by atoms with van der Waals surface area (Å²) in [6, 6.07) is 27.3. The van der Waals surface area contributed by atoms with E-state index in [1.165, 1.54) is 46.7 Å². The molecule has 2 amide bonds. The molecule has 5 aromatic heterocycles. The zero-order valence-corrected chi connectivity index (χ0v) is 31.0.